The fraction of sp³-hybridized carbons (Fsp3) is 0.500. The number of aliphatic carboxylic acids is 1. The summed E-state index contributed by atoms with van der Waals surface area (Å²) in [6, 6.07) is 0. The molecular weight excluding hydrogens is 182 g/mol. The Labute approximate surface area is 72.5 Å². The second-order valence-corrected chi connectivity index (χ2v) is 3.50. The molecule has 1 saturated heterocycles. The summed E-state index contributed by atoms with van der Waals surface area (Å²) in [6.07, 6.45) is 0.0940. The monoisotopic (exact) mass is 189 g/mol. The number of imide groups is 1. The zero-order valence-electron chi connectivity index (χ0n) is 6.07. The Morgan fingerprint density at radius 2 is 2.33 bits per heavy atom. The number of amides is 2. The Morgan fingerprint density at radius 3 is 2.75 bits per heavy atom. The molecule has 1 aliphatic heterocycles. The largest absolute Gasteiger partial charge is 0.481 e. The first-order valence-corrected chi connectivity index (χ1v) is 4.31. The van der Waals surface area contributed by atoms with Crippen LogP contribution >= 0.6 is 11.8 Å². The van der Waals surface area contributed by atoms with Crippen molar-refractivity contribution in [2.45, 2.75) is 11.7 Å². The quantitative estimate of drug-likeness (QED) is 0.569. The van der Waals surface area contributed by atoms with Crippen LogP contribution in [0.15, 0.2) is 0 Å². The molecule has 0 aliphatic carbocycles. The number of thioether (sulfide) groups is 1. The molecule has 0 aromatic rings. The van der Waals surface area contributed by atoms with E-state index in [0.717, 1.165) is 11.8 Å². The molecule has 0 bridgehead atoms. The molecule has 0 saturated carbocycles. The molecular formula is C6H7NO4S. The smallest absolute Gasteiger partial charge is 0.313 e. The lowest BCUT2D eigenvalue weighted by molar-refractivity contribution is -0.134. The Kier molecular flexibility index (Phi) is 2.69. The van der Waals surface area contributed by atoms with Gasteiger partial charge >= 0.3 is 5.97 Å². The van der Waals surface area contributed by atoms with Gasteiger partial charge in [-0.15, -0.1) is 11.8 Å². The molecule has 1 heterocycles. The molecule has 1 aliphatic rings. The average Bonchev–Trinajstić information content (AvgIpc) is 2.26. The van der Waals surface area contributed by atoms with E-state index in [9.17, 15) is 14.4 Å². The fourth-order valence-corrected chi connectivity index (χ4v) is 1.66. The standard InChI is InChI=1S/C6H7NO4S/c8-4-1-3(6(11)7-4)12-2-5(9)10/h3H,1-2H2,(H,9,10)(H,7,8,11). The van der Waals surface area contributed by atoms with Gasteiger partial charge in [-0.3, -0.25) is 19.7 Å². The van der Waals surface area contributed by atoms with Crippen LogP contribution in [0.5, 0.6) is 0 Å². The third-order valence-electron chi connectivity index (χ3n) is 1.33. The number of carboxylic acids is 1. The van der Waals surface area contributed by atoms with Crippen molar-refractivity contribution >= 4 is 29.5 Å². The van der Waals surface area contributed by atoms with Gasteiger partial charge in [0.2, 0.25) is 11.8 Å². The van der Waals surface area contributed by atoms with Crippen molar-refractivity contribution in [3.63, 3.8) is 0 Å². The third-order valence-corrected chi connectivity index (χ3v) is 2.53. The molecule has 1 atom stereocenters. The summed E-state index contributed by atoms with van der Waals surface area (Å²) >= 11 is 0.972. The van der Waals surface area contributed by atoms with E-state index in [1.54, 1.807) is 0 Å². The lowest BCUT2D eigenvalue weighted by atomic mass is 10.4. The van der Waals surface area contributed by atoms with Gasteiger partial charge < -0.3 is 5.11 Å². The van der Waals surface area contributed by atoms with Gasteiger partial charge in [0.15, 0.2) is 0 Å². The summed E-state index contributed by atoms with van der Waals surface area (Å²) in [5.74, 6) is -1.84. The molecule has 1 fully saturated rings. The molecule has 1 rings (SSSR count). The molecule has 5 nitrogen and oxygen atoms in total. The van der Waals surface area contributed by atoms with Crippen LogP contribution in [0.25, 0.3) is 0 Å². The molecule has 0 aromatic heterocycles. The van der Waals surface area contributed by atoms with E-state index in [2.05, 4.69) is 5.32 Å². The normalized spacial score (nSPS) is 22.5. The van der Waals surface area contributed by atoms with Gasteiger partial charge in [0.05, 0.1) is 11.0 Å². The molecule has 2 amide bonds. The Bertz CT molecular complexity index is 240. The van der Waals surface area contributed by atoms with Crippen molar-refractivity contribution in [3.05, 3.63) is 0 Å². The van der Waals surface area contributed by atoms with E-state index >= 15 is 0 Å². The predicted molar refractivity (Wildman–Crippen MR) is 41.6 cm³/mol. The zero-order valence-corrected chi connectivity index (χ0v) is 6.89. The molecule has 0 radical (unpaired) electrons. The van der Waals surface area contributed by atoms with Crippen LogP contribution in [-0.2, 0) is 14.4 Å². The molecule has 1 unspecified atom stereocenters. The molecule has 66 valence electrons. The fourth-order valence-electron chi connectivity index (χ4n) is 0.837. The zero-order chi connectivity index (χ0) is 9.14. The SMILES string of the molecule is O=C(O)CSC1CC(=O)NC1=O. The van der Waals surface area contributed by atoms with Crippen molar-refractivity contribution in [2.24, 2.45) is 0 Å². The molecule has 12 heavy (non-hydrogen) atoms. The van der Waals surface area contributed by atoms with Crippen molar-refractivity contribution in [2.75, 3.05) is 5.75 Å². The summed E-state index contributed by atoms with van der Waals surface area (Å²) in [4.78, 5) is 31.6. The first-order chi connectivity index (χ1) is 5.59. The van der Waals surface area contributed by atoms with Crippen LogP contribution in [0.3, 0.4) is 0 Å². The highest BCUT2D eigenvalue weighted by Crippen LogP contribution is 2.18. The van der Waals surface area contributed by atoms with E-state index in [1.165, 1.54) is 0 Å². The molecule has 6 heteroatoms. The maximum absolute atomic E-state index is 10.9. The van der Waals surface area contributed by atoms with Gasteiger partial charge in [-0.1, -0.05) is 0 Å². The summed E-state index contributed by atoms with van der Waals surface area (Å²) in [5.41, 5.74) is 0. The van der Waals surface area contributed by atoms with Crippen LogP contribution < -0.4 is 5.32 Å². The van der Waals surface area contributed by atoms with Crippen LogP contribution in [0, 0.1) is 0 Å². The minimum atomic E-state index is -0.979. The van der Waals surface area contributed by atoms with Crippen molar-refractivity contribution in [1.82, 2.24) is 5.32 Å². The van der Waals surface area contributed by atoms with E-state index in [-0.39, 0.29) is 24.0 Å². The van der Waals surface area contributed by atoms with Gasteiger partial charge in [0.1, 0.15) is 0 Å². The van der Waals surface area contributed by atoms with Crippen LogP contribution in [0.1, 0.15) is 6.42 Å². The number of rotatable bonds is 3. The van der Waals surface area contributed by atoms with E-state index in [0.29, 0.717) is 0 Å². The first kappa shape index (κ1) is 9.05. The minimum Gasteiger partial charge on any atom is -0.481 e. The number of nitrogens with one attached hydrogen (secondary N) is 1. The highest BCUT2D eigenvalue weighted by molar-refractivity contribution is 8.01. The highest BCUT2D eigenvalue weighted by Gasteiger charge is 2.31. The molecule has 2 N–H and O–H groups in total. The predicted octanol–water partition coefficient (Wildman–Crippen LogP) is -0.781. The Hall–Kier alpha value is -1.04. The van der Waals surface area contributed by atoms with Crippen molar-refractivity contribution < 1.29 is 19.5 Å². The van der Waals surface area contributed by atoms with Gasteiger partial charge in [-0.2, -0.15) is 0 Å². The molecule has 0 spiro atoms. The van der Waals surface area contributed by atoms with E-state index in [4.69, 9.17) is 5.11 Å². The lowest BCUT2D eigenvalue weighted by Crippen LogP contribution is -2.23. The molecule has 0 aromatic carbocycles. The van der Waals surface area contributed by atoms with E-state index in [1.807, 2.05) is 0 Å². The number of carbonyl (C=O) groups excluding carboxylic acids is 2. The van der Waals surface area contributed by atoms with E-state index < -0.39 is 11.2 Å². The Balaban J connectivity index is 2.38. The topological polar surface area (TPSA) is 83.5 Å². The van der Waals surface area contributed by atoms with Crippen molar-refractivity contribution in [3.8, 4) is 0 Å². The summed E-state index contributed by atoms with van der Waals surface area (Å²) in [6.45, 7) is 0. The van der Waals surface area contributed by atoms with Crippen LogP contribution in [-0.4, -0.2) is 33.9 Å². The first-order valence-electron chi connectivity index (χ1n) is 3.26. The number of hydrogen-bond donors (Lipinski definition) is 2. The average molecular weight is 189 g/mol. The van der Waals surface area contributed by atoms with Gasteiger partial charge in [0.25, 0.3) is 0 Å². The van der Waals surface area contributed by atoms with Gasteiger partial charge in [0, 0.05) is 6.42 Å². The summed E-state index contributed by atoms with van der Waals surface area (Å²) in [5, 5.41) is 9.87. The number of carbonyl (C=O) groups is 3. The van der Waals surface area contributed by atoms with Crippen molar-refractivity contribution in [1.29, 1.82) is 0 Å². The highest BCUT2D eigenvalue weighted by atomic mass is 32.2. The van der Waals surface area contributed by atoms with Gasteiger partial charge in [-0.05, 0) is 0 Å². The summed E-state index contributed by atoms with van der Waals surface area (Å²) < 4.78 is 0. The Morgan fingerprint density at radius 1 is 1.67 bits per heavy atom. The summed E-state index contributed by atoms with van der Waals surface area (Å²) in [7, 11) is 0. The maximum atomic E-state index is 10.9. The minimum absolute atomic E-state index is 0.0940. The number of hydrogen-bond acceptors (Lipinski definition) is 4. The van der Waals surface area contributed by atoms with Gasteiger partial charge in [-0.25, -0.2) is 0 Å². The van der Waals surface area contributed by atoms with Crippen LogP contribution in [0.4, 0.5) is 0 Å². The lowest BCUT2D eigenvalue weighted by Gasteiger charge is -2.00. The third kappa shape index (κ3) is 2.23. The second kappa shape index (κ2) is 3.57. The number of carboxylic acid groups (broad SMARTS) is 1. The maximum Gasteiger partial charge on any atom is 0.313 e. The second-order valence-electron chi connectivity index (χ2n) is 2.31. The van der Waals surface area contributed by atoms with Crippen LogP contribution in [0.2, 0.25) is 0 Å².